The van der Waals surface area contributed by atoms with Crippen LogP contribution in [0.2, 0.25) is 0 Å². The summed E-state index contributed by atoms with van der Waals surface area (Å²) in [7, 11) is 1.67. The molecule has 2 heterocycles. The molecule has 3 rings (SSSR count). The number of rotatable bonds is 9. The van der Waals surface area contributed by atoms with Crippen molar-refractivity contribution in [2.45, 2.75) is 19.6 Å². The molecular weight excluding hydrogens is 368 g/mol. The van der Waals surface area contributed by atoms with Gasteiger partial charge in [-0.05, 0) is 30.2 Å². The zero-order chi connectivity index (χ0) is 20.3. The van der Waals surface area contributed by atoms with Crippen molar-refractivity contribution in [3.8, 4) is 0 Å². The fraction of sp³-hybridized carbons (Fsp3) is 0.476. The first-order valence-corrected chi connectivity index (χ1v) is 10.1. The summed E-state index contributed by atoms with van der Waals surface area (Å²) in [4.78, 5) is 25.3. The van der Waals surface area contributed by atoms with Gasteiger partial charge < -0.3 is 20.3 Å². The second kappa shape index (κ2) is 11.3. The molecule has 1 aliphatic rings. The van der Waals surface area contributed by atoms with Crippen molar-refractivity contribution in [2.75, 3.05) is 51.3 Å². The highest BCUT2D eigenvalue weighted by Gasteiger charge is 2.18. The predicted molar refractivity (Wildman–Crippen MR) is 113 cm³/mol. The van der Waals surface area contributed by atoms with Gasteiger partial charge in [0.05, 0.1) is 6.61 Å². The lowest BCUT2D eigenvalue weighted by Crippen LogP contribution is -2.47. The van der Waals surface area contributed by atoms with Crippen molar-refractivity contribution < 1.29 is 9.53 Å². The van der Waals surface area contributed by atoms with Crippen LogP contribution in [0.1, 0.15) is 17.5 Å². The molecule has 8 heteroatoms. The van der Waals surface area contributed by atoms with Crippen LogP contribution in [-0.4, -0.2) is 67.3 Å². The minimum atomic E-state index is -0.136. The summed E-state index contributed by atoms with van der Waals surface area (Å²) in [5.74, 6) is 0.803. The lowest BCUT2D eigenvalue weighted by atomic mass is 10.1. The average Bonchev–Trinajstić information content (AvgIpc) is 2.77. The highest BCUT2D eigenvalue weighted by Crippen LogP contribution is 2.10. The number of ether oxygens (including phenoxy) is 1. The number of nitrogens with one attached hydrogen (secondary N) is 2. The van der Waals surface area contributed by atoms with Crippen LogP contribution in [0.3, 0.4) is 0 Å². The van der Waals surface area contributed by atoms with Crippen molar-refractivity contribution in [1.82, 2.24) is 25.5 Å². The van der Waals surface area contributed by atoms with Gasteiger partial charge in [0, 0.05) is 58.8 Å². The third kappa shape index (κ3) is 6.69. The SMILES string of the molecule is COCc1ccccc1CNC(=O)NCCCN1CCN(c2ncccn2)CC1. The smallest absolute Gasteiger partial charge is 0.315 e. The van der Waals surface area contributed by atoms with Gasteiger partial charge in [-0.15, -0.1) is 0 Å². The third-order valence-corrected chi connectivity index (χ3v) is 5.00. The standard InChI is InChI=1S/C21H30N6O2/c1-29-17-19-7-3-2-6-18(19)16-25-21(28)24-10-5-11-26-12-14-27(15-13-26)20-22-8-4-9-23-20/h2-4,6-9H,5,10-17H2,1H3,(H2,24,25,28). The first-order valence-electron chi connectivity index (χ1n) is 10.1. The van der Waals surface area contributed by atoms with Gasteiger partial charge in [0.15, 0.2) is 0 Å². The number of amides is 2. The van der Waals surface area contributed by atoms with Gasteiger partial charge in [0.2, 0.25) is 5.95 Å². The molecule has 1 saturated heterocycles. The Morgan fingerprint density at radius 2 is 1.76 bits per heavy atom. The number of hydrogen-bond acceptors (Lipinski definition) is 6. The van der Waals surface area contributed by atoms with E-state index in [1.807, 2.05) is 30.3 Å². The van der Waals surface area contributed by atoms with Crippen LogP contribution in [-0.2, 0) is 17.9 Å². The summed E-state index contributed by atoms with van der Waals surface area (Å²) in [5.41, 5.74) is 2.17. The maximum absolute atomic E-state index is 12.0. The largest absolute Gasteiger partial charge is 0.380 e. The number of aromatic nitrogens is 2. The van der Waals surface area contributed by atoms with E-state index < -0.39 is 0 Å². The van der Waals surface area contributed by atoms with Crippen LogP contribution in [0.4, 0.5) is 10.7 Å². The summed E-state index contributed by atoms with van der Waals surface area (Å²) >= 11 is 0. The van der Waals surface area contributed by atoms with E-state index in [9.17, 15) is 4.79 Å². The molecule has 0 saturated carbocycles. The van der Waals surface area contributed by atoms with Crippen LogP contribution in [0.5, 0.6) is 0 Å². The Balaban J connectivity index is 1.29. The predicted octanol–water partition coefficient (Wildman–Crippen LogP) is 1.63. The molecule has 8 nitrogen and oxygen atoms in total. The topological polar surface area (TPSA) is 82.6 Å². The molecule has 1 aromatic carbocycles. The maximum atomic E-state index is 12.0. The van der Waals surface area contributed by atoms with Crippen molar-refractivity contribution in [3.05, 3.63) is 53.9 Å². The van der Waals surface area contributed by atoms with Crippen LogP contribution in [0.15, 0.2) is 42.7 Å². The highest BCUT2D eigenvalue weighted by atomic mass is 16.5. The van der Waals surface area contributed by atoms with E-state index in [2.05, 4.69) is 30.4 Å². The van der Waals surface area contributed by atoms with Crippen molar-refractivity contribution >= 4 is 12.0 Å². The fourth-order valence-corrected chi connectivity index (χ4v) is 3.39. The zero-order valence-corrected chi connectivity index (χ0v) is 17.0. The number of benzene rings is 1. The van der Waals surface area contributed by atoms with Crippen molar-refractivity contribution in [1.29, 1.82) is 0 Å². The lowest BCUT2D eigenvalue weighted by molar-refractivity contribution is 0.184. The molecule has 1 aliphatic heterocycles. The zero-order valence-electron chi connectivity index (χ0n) is 17.0. The van der Waals surface area contributed by atoms with Crippen LogP contribution in [0.25, 0.3) is 0 Å². The van der Waals surface area contributed by atoms with Crippen molar-refractivity contribution in [3.63, 3.8) is 0 Å². The first-order chi connectivity index (χ1) is 14.3. The van der Waals surface area contributed by atoms with Crippen LogP contribution >= 0.6 is 0 Å². The van der Waals surface area contributed by atoms with E-state index in [0.717, 1.165) is 56.2 Å². The van der Waals surface area contributed by atoms with Gasteiger partial charge >= 0.3 is 6.03 Å². The molecule has 29 heavy (non-hydrogen) atoms. The van der Waals surface area contributed by atoms with Gasteiger partial charge in [-0.1, -0.05) is 24.3 Å². The van der Waals surface area contributed by atoms with E-state index in [-0.39, 0.29) is 6.03 Å². The third-order valence-electron chi connectivity index (χ3n) is 5.00. The summed E-state index contributed by atoms with van der Waals surface area (Å²) in [6.07, 6.45) is 4.48. The van der Waals surface area contributed by atoms with E-state index in [1.165, 1.54) is 0 Å². The van der Waals surface area contributed by atoms with Crippen molar-refractivity contribution in [2.24, 2.45) is 0 Å². The summed E-state index contributed by atoms with van der Waals surface area (Å²) in [6, 6.07) is 9.67. The van der Waals surface area contributed by atoms with Gasteiger partial charge in [-0.3, -0.25) is 4.90 Å². The highest BCUT2D eigenvalue weighted by molar-refractivity contribution is 5.73. The second-order valence-electron chi connectivity index (χ2n) is 7.04. The number of nitrogens with zero attached hydrogens (tertiary/aromatic N) is 4. The number of urea groups is 1. The van der Waals surface area contributed by atoms with Gasteiger partial charge in [0.1, 0.15) is 0 Å². The number of carbonyl (C=O) groups is 1. The van der Waals surface area contributed by atoms with E-state index >= 15 is 0 Å². The Morgan fingerprint density at radius 3 is 2.48 bits per heavy atom. The van der Waals surface area contributed by atoms with E-state index in [0.29, 0.717) is 19.7 Å². The molecule has 0 spiro atoms. The molecule has 156 valence electrons. The van der Waals surface area contributed by atoms with Gasteiger partial charge in [-0.25, -0.2) is 14.8 Å². The molecule has 0 atom stereocenters. The Morgan fingerprint density at radius 1 is 1.03 bits per heavy atom. The quantitative estimate of drug-likeness (QED) is 0.625. The molecule has 0 bridgehead atoms. The van der Waals surface area contributed by atoms with E-state index in [4.69, 9.17) is 4.74 Å². The molecule has 2 amide bonds. The number of anilines is 1. The maximum Gasteiger partial charge on any atom is 0.315 e. The summed E-state index contributed by atoms with van der Waals surface area (Å²) in [6.45, 7) is 6.51. The Bertz CT molecular complexity index is 750. The fourth-order valence-electron chi connectivity index (χ4n) is 3.39. The number of methoxy groups -OCH3 is 1. The normalized spacial score (nSPS) is 14.6. The summed E-state index contributed by atoms with van der Waals surface area (Å²) < 4.78 is 5.20. The van der Waals surface area contributed by atoms with Gasteiger partial charge in [-0.2, -0.15) is 0 Å². The first kappa shape index (κ1) is 21.0. The summed E-state index contributed by atoms with van der Waals surface area (Å²) in [5, 5.41) is 5.86. The minimum absolute atomic E-state index is 0.136. The average molecular weight is 399 g/mol. The molecule has 1 fully saturated rings. The molecule has 0 aliphatic carbocycles. The Labute approximate surface area is 172 Å². The van der Waals surface area contributed by atoms with Crippen LogP contribution < -0.4 is 15.5 Å². The monoisotopic (exact) mass is 398 g/mol. The minimum Gasteiger partial charge on any atom is -0.380 e. The van der Waals surface area contributed by atoms with Crippen LogP contribution in [0, 0.1) is 0 Å². The molecule has 0 radical (unpaired) electrons. The Hall–Kier alpha value is -2.71. The molecule has 1 aromatic heterocycles. The number of carbonyl (C=O) groups excluding carboxylic acids is 1. The lowest BCUT2D eigenvalue weighted by Gasteiger charge is -2.34. The molecule has 2 N–H and O–H groups in total. The van der Waals surface area contributed by atoms with E-state index in [1.54, 1.807) is 19.5 Å². The molecule has 0 unspecified atom stereocenters. The molecular formula is C21H30N6O2. The molecule has 2 aromatic rings. The second-order valence-corrected chi connectivity index (χ2v) is 7.04. The number of hydrogen-bond donors (Lipinski definition) is 2. The van der Waals surface area contributed by atoms with Gasteiger partial charge in [0.25, 0.3) is 0 Å². The Kier molecular flexibility index (Phi) is 8.21. The number of piperazine rings is 1.